The second-order valence-electron chi connectivity index (χ2n) is 3.65. The first-order chi connectivity index (χ1) is 7.54. The van der Waals surface area contributed by atoms with Crippen LogP contribution in [0.15, 0.2) is 29.2 Å². The first-order valence-corrected chi connectivity index (χ1v) is 7.43. The second kappa shape index (κ2) is 4.16. The van der Waals surface area contributed by atoms with Crippen molar-refractivity contribution in [2.24, 2.45) is 5.14 Å². The highest BCUT2D eigenvalue weighted by Gasteiger charge is 2.20. The van der Waals surface area contributed by atoms with Crippen LogP contribution in [0.3, 0.4) is 0 Å². The summed E-state index contributed by atoms with van der Waals surface area (Å²) in [5.74, 6) is 0. The molecule has 1 heterocycles. The number of fused-ring (bicyclic) bond motifs is 1. The van der Waals surface area contributed by atoms with E-state index in [1.165, 1.54) is 11.3 Å². The standard InChI is InChI=1S/C11H13NO2S2/c1-2-5-10-11(16(12,13)14)8-6-3-4-7-9(8)15-10/h3-4,6-7H,2,5H2,1H3,(H2,12,13,14). The number of hydrogen-bond donors (Lipinski definition) is 1. The number of primary sulfonamides is 1. The maximum absolute atomic E-state index is 11.6. The van der Waals surface area contributed by atoms with E-state index in [0.717, 1.165) is 27.8 Å². The van der Waals surface area contributed by atoms with Crippen LogP contribution in [0.1, 0.15) is 18.2 Å². The summed E-state index contributed by atoms with van der Waals surface area (Å²) in [5, 5.41) is 6.03. The Morgan fingerprint density at radius 2 is 2.00 bits per heavy atom. The summed E-state index contributed by atoms with van der Waals surface area (Å²) in [4.78, 5) is 1.18. The van der Waals surface area contributed by atoms with Crippen LogP contribution >= 0.6 is 11.3 Å². The minimum atomic E-state index is -3.63. The molecule has 0 aliphatic heterocycles. The normalized spacial score (nSPS) is 12.1. The Bertz CT molecular complexity index is 614. The monoisotopic (exact) mass is 255 g/mol. The van der Waals surface area contributed by atoms with Gasteiger partial charge in [-0.05, 0) is 12.5 Å². The molecule has 5 heteroatoms. The molecule has 0 aliphatic carbocycles. The lowest BCUT2D eigenvalue weighted by molar-refractivity contribution is 0.598. The predicted octanol–water partition coefficient (Wildman–Crippen LogP) is 2.50. The molecule has 0 unspecified atom stereocenters. The van der Waals surface area contributed by atoms with Crippen LogP contribution in [0, 0.1) is 0 Å². The van der Waals surface area contributed by atoms with Gasteiger partial charge in [0.1, 0.15) is 4.90 Å². The molecular formula is C11H13NO2S2. The van der Waals surface area contributed by atoms with Crippen molar-refractivity contribution in [3.63, 3.8) is 0 Å². The van der Waals surface area contributed by atoms with Crippen molar-refractivity contribution in [3.8, 4) is 0 Å². The number of hydrogen-bond acceptors (Lipinski definition) is 3. The quantitative estimate of drug-likeness (QED) is 0.916. The van der Waals surface area contributed by atoms with Gasteiger partial charge in [0.15, 0.2) is 0 Å². The topological polar surface area (TPSA) is 60.2 Å². The van der Waals surface area contributed by atoms with Crippen molar-refractivity contribution < 1.29 is 8.42 Å². The minimum absolute atomic E-state index is 0.315. The third-order valence-electron chi connectivity index (χ3n) is 2.38. The smallest absolute Gasteiger partial charge is 0.225 e. The van der Waals surface area contributed by atoms with Gasteiger partial charge in [0.05, 0.1) is 0 Å². The van der Waals surface area contributed by atoms with E-state index in [4.69, 9.17) is 5.14 Å². The van der Waals surface area contributed by atoms with Gasteiger partial charge in [-0.15, -0.1) is 11.3 Å². The molecule has 0 atom stereocenters. The second-order valence-corrected chi connectivity index (χ2v) is 6.28. The van der Waals surface area contributed by atoms with E-state index in [-0.39, 0.29) is 0 Å². The fraction of sp³-hybridized carbons (Fsp3) is 0.273. The van der Waals surface area contributed by atoms with Crippen molar-refractivity contribution in [1.82, 2.24) is 0 Å². The molecule has 2 rings (SSSR count). The molecule has 86 valence electrons. The van der Waals surface area contributed by atoms with E-state index in [2.05, 4.69) is 0 Å². The van der Waals surface area contributed by atoms with Crippen molar-refractivity contribution in [2.75, 3.05) is 0 Å². The Morgan fingerprint density at radius 3 is 2.62 bits per heavy atom. The lowest BCUT2D eigenvalue weighted by atomic mass is 10.2. The van der Waals surface area contributed by atoms with Crippen molar-refractivity contribution in [1.29, 1.82) is 0 Å². The van der Waals surface area contributed by atoms with Crippen LogP contribution in [0.2, 0.25) is 0 Å². The molecule has 3 nitrogen and oxygen atoms in total. The predicted molar refractivity (Wildman–Crippen MR) is 67.2 cm³/mol. The summed E-state index contributed by atoms with van der Waals surface area (Å²) in [5.41, 5.74) is 0. The number of benzene rings is 1. The number of rotatable bonds is 3. The van der Waals surface area contributed by atoms with E-state index < -0.39 is 10.0 Å². The zero-order valence-corrected chi connectivity index (χ0v) is 10.6. The fourth-order valence-corrected chi connectivity index (χ4v) is 4.42. The number of sulfonamides is 1. The molecule has 0 bridgehead atoms. The van der Waals surface area contributed by atoms with Crippen LogP contribution in [0.4, 0.5) is 0 Å². The van der Waals surface area contributed by atoms with Crippen LogP contribution in [0.5, 0.6) is 0 Å². The molecule has 0 spiro atoms. The van der Waals surface area contributed by atoms with Gasteiger partial charge in [0.25, 0.3) is 0 Å². The molecule has 0 radical (unpaired) electrons. The zero-order valence-electron chi connectivity index (χ0n) is 8.93. The van der Waals surface area contributed by atoms with Crippen molar-refractivity contribution >= 4 is 31.4 Å². The molecule has 0 fully saturated rings. The maximum atomic E-state index is 11.6. The SMILES string of the molecule is CCCc1sc2ccccc2c1S(N)(=O)=O. The van der Waals surface area contributed by atoms with Gasteiger partial charge in [-0.2, -0.15) is 0 Å². The molecule has 0 saturated carbocycles. The molecule has 1 aromatic heterocycles. The summed E-state index contributed by atoms with van der Waals surface area (Å²) in [6.07, 6.45) is 1.67. The van der Waals surface area contributed by atoms with Gasteiger partial charge >= 0.3 is 0 Å². The number of aryl methyl sites for hydroxylation is 1. The van der Waals surface area contributed by atoms with E-state index in [1.807, 2.05) is 31.2 Å². The molecule has 16 heavy (non-hydrogen) atoms. The fourth-order valence-electron chi connectivity index (χ4n) is 1.78. The van der Waals surface area contributed by atoms with Crippen LogP contribution in [0.25, 0.3) is 10.1 Å². The van der Waals surface area contributed by atoms with Gasteiger partial charge in [-0.25, -0.2) is 13.6 Å². The first kappa shape index (κ1) is 11.6. The molecule has 0 saturated heterocycles. The molecule has 0 amide bonds. The largest absolute Gasteiger partial charge is 0.239 e. The lowest BCUT2D eigenvalue weighted by Gasteiger charge is -2.00. The van der Waals surface area contributed by atoms with Gasteiger partial charge in [0.2, 0.25) is 10.0 Å². The third-order valence-corrected chi connectivity index (χ3v) is 4.77. The molecule has 1 aromatic carbocycles. The Hall–Kier alpha value is -0.910. The Labute approximate surface area is 98.9 Å². The summed E-state index contributed by atoms with van der Waals surface area (Å²) in [7, 11) is -3.63. The van der Waals surface area contributed by atoms with Gasteiger partial charge < -0.3 is 0 Å². The van der Waals surface area contributed by atoms with Gasteiger partial charge in [-0.1, -0.05) is 31.5 Å². The maximum Gasteiger partial charge on any atom is 0.239 e. The van der Waals surface area contributed by atoms with Gasteiger partial charge in [0, 0.05) is 15.0 Å². The highest BCUT2D eigenvalue weighted by Crippen LogP contribution is 2.34. The Kier molecular flexibility index (Phi) is 3.01. The Balaban J connectivity index is 2.80. The van der Waals surface area contributed by atoms with Crippen LogP contribution in [-0.2, 0) is 16.4 Å². The van der Waals surface area contributed by atoms with Crippen LogP contribution < -0.4 is 5.14 Å². The molecule has 2 N–H and O–H groups in total. The summed E-state index contributed by atoms with van der Waals surface area (Å²) in [6, 6.07) is 7.47. The average molecular weight is 255 g/mol. The van der Waals surface area contributed by atoms with Crippen LogP contribution in [-0.4, -0.2) is 8.42 Å². The zero-order chi connectivity index (χ0) is 11.8. The summed E-state index contributed by atoms with van der Waals surface area (Å²) in [6.45, 7) is 2.03. The van der Waals surface area contributed by atoms with E-state index >= 15 is 0 Å². The minimum Gasteiger partial charge on any atom is -0.225 e. The van der Waals surface area contributed by atoms with E-state index in [9.17, 15) is 8.42 Å². The summed E-state index contributed by atoms with van der Waals surface area (Å²) < 4.78 is 24.2. The molecular weight excluding hydrogens is 242 g/mol. The highest BCUT2D eigenvalue weighted by molar-refractivity contribution is 7.89. The number of nitrogens with two attached hydrogens (primary N) is 1. The summed E-state index contributed by atoms with van der Waals surface area (Å²) >= 11 is 1.52. The molecule has 0 aliphatic rings. The van der Waals surface area contributed by atoms with Crippen molar-refractivity contribution in [3.05, 3.63) is 29.1 Å². The number of thiophene rings is 1. The first-order valence-electron chi connectivity index (χ1n) is 5.07. The molecule has 2 aromatic rings. The van der Waals surface area contributed by atoms with Gasteiger partial charge in [-0.3, -0.25) is 0 Å². The average Bonchev–Trinajstić information content (AvgIpc) is 2.55. The lowest BCUT2D eigenvalue weighted by Crippen LogP contribution is -2.13. The Morgan fingerprint density at radius 1 is 1.31 bits per heavy atom. The van der Waals surface area contributed by atoms with E-state index in [1.54, 1.807) is 0 Å². The highest BCUT2D eigenvalue weighted by atomic mass is 32.2. The van der Waals surface area contributed by atoms with Crippen molar-refractivity contribution in [2.45, 2.75) is 24.7 Å². The third kappa shape index (κ3) is 1.98. The van der Waals surface area contributed by atoms with E-state index in [0.29, 0.717) is 4.90 Å².